The average molecular weight is 185 g/mol. The minimum absolute atomic E-state index is 0.150. The highest BCUT2D eigenvalue weighted by atomic mass is 28.3. The number of rotatable bonds is 4. The highest BCUT2D eigenvalue weighted by Crippen LogP contribution is 2.04. The Bertz CT molecular complexity index is 172. The summed E-state index contributed by atoms with van der Waals surface area (Å²) in [5.41, 5.74) is 0. The summed E-state index contributed by atoms with van der Waals surface area (Å²) < 4.78 is 0. The molecule has 0 saturated carbocycles. The first-order valence-electron chi connectivity index (χ1n) is 4.23. The summed E-state index contributed by atoms with van der Waals surface area (Å²) in [6.07, 6.45) is 2.70. The molecule has 1 amide bonds. The van der Waals surface area contributed by atoms with Crippen LogP contribution in [-0.4, -0.2) is 31.6 Å². The Hall–Kier alpha value is -0.573. The van der Waals surface area contributed by atoms with Crippen molar-refractivity contribution >= 4 is 14.0 Å². The van der Waals surface area contributed by atoms with Crippen LogP contribution in [0.2, 0.25) is 19.6 Å². The summed E-state index contributed by atoms with van der Waals surface area (Å²) >= 11 is 0. The summed E-state index contributed by atoms with van der Waals surface area (Å²) in [6.45, 7) is 12.7. The number of nitrogens with zero attached hydrogens (tertiary/aromatic N) is 1. The first-order chi connectivity index (χ1) is 5.37. The van der Waals surface area contributed by atoms with Gasteiger partial charge in [0, 0.05) is 19.6 Å². The Balaban J connectivity index is 4.13. The van der Waals surface area contributed by atoms with E-state index in [-0.39, 0.29) is 5.91 Å². The molecule has 3 heteroatoms. The van der Waals surface area contributed by atoms with Crippen molar-refractivity contribution in [1.82, 2.24) is 4.90 Å². The van der Waals surface area contributed by atoms with E-state index >= 15 is 0 Å². The van der Waals surface area contributed by atoms with Gasteiger partial charge in [0.15, 0.2) is 0 Å². The molecule has 0 radical (unpaired) electrons. The number of amides is 1. The van der Waals surface area contributed by atoms with Gasteiger partial charge in [-0.25, -0.2) is 0 Å². The number of carbonyl (C=O) groups is 1. The predicted octanol–water partition coefficient (Wildman–Crippen LogP) is 1.90. The van der Waals surface area contributed by atoms with E-state index in [1.807, 2.05) is 4.90 Å². The van der Waals surface area contributed by atoms with Crippen LogP contribution in [0.3, 0.4) is 0 Å². The predicted molar refractivity (Wildman–Crippen MR) is 55.8 cm³/mol. The third-order valence-corrected chi connectivity index (χ3v) is 2.79. The van der Waals surface area contributed by atoms with Crippen LogP contribution in [0.25, 0.3) is 0 Å². The number of hydrogen-bond acceptors (Lipinski definition) is 1. The largest absolute Gasteiger partial charge is 0.342 e. The van der Waals surface area contributed by atoms with Crippen molar-refractivity contribution in [2.45, 2.75) is 26.6 Å². The number of carbonyl (C=O) groups excluding carboxylic acids is 1. The van der Waals surface area contributed by atoms with Gasteiger partial charge in [0.25, 0.3) is 0 Å². The fourth-order valence-electron chi connectivity index (χ4n) is 1.03. The molecule has 12 heavy (non-hydrogen) atoms. The molecular weight excluding hydrogens is 166 g/mol. The van der Waals surface area contributed by atoms with Crippen molar-refractivity contribution in [1.29, 1.82) is 0 Å². The third kappa shape index (κ3) is 5.13. The molecule has 0 rings (SSSR count). The Morgan fingerprint density at radius 1 is 1.50 bits per heavy atom. The van der Waals surface area contributed by atoms with Crippen molar-refractivity contribution in [3.05, 3.63) is 12.7 Å². The van der Waals surface area contributed by atoms with Crippen LogP contribution >= 0.6 is 0 Å². The normalized spacial score (nSPS) is 11.0. The van der Waals surface area contributed by atoms with Crippen molar-refractivity contribution in [2.24, 2.45) is 0 Å². The highest BCUT2D eigenvalue weighted by molar-refractivity contribution is 6.76. The molecule has 70 valence electrons. The molecule has 0 atom stereocenters. The first-order valence-corrected chi connectivity index (χ1v) is 7.94. The highest BCUT2D eigenvalue weighted by Gasteiger charge is 2.18. The second-order valence-corrected chi connectivity index (χ2v) is 9.69. The molecule has 0 unspecified atom stereocenters. The summed E-state index contributed by atoms with van der Waals surface area (Å²) in [5.74, 6) is 0.150. The van der Waals surface area contributed by atoms with Gasteiger partial charge in [-0.05, 0) is 0 Å². The monoisotopic (exact) mass is 185 g/mol. The van der Waals surface area contributed by atoms with E-state index in [9.17, 15) is 4.79 Å². The molecule has 0 aliphatic heterocycles. The molecule has 0 saturated heterocycles. The Kier molecular flexibility index (Phi) is 4.24. The minimum Gasteiger partial charge on any atom is -0.342 e. The van der Waals surface area contributed by atoms with Gasteiger partial charge in [-0.3, -0.25) is 4.79 Å². The second kappa shape index (κ2) is 4.45. The van der Waals surface area contributed by atoms with Crippen LogP contribution < -0.4 is 0 Å². The summed E-state index contributed by atoms with van der Waals surface area (Å²) in [5, 5.41) is 0. The molecule has 0 heterocycles. The lowest BCUT2D eigenvalue weighted by atomic mass is 10.5. The lowest BCUT2D eigenvalue weighted by molar-refractivity contribution is -0.127. The van der Waals surface area contributed by atoms with Gasteiger partial charge >= 0.3 is 0 Å². The Morgan fingerprint density at radius 3 is 2.25 bits per heavy atom. The molecule has 0 aromatic rings. The quantitative estimate of drug-likeness (QED) is 0.484. The zero-order valence-corrected chi connectivity index (χ0v) is 9.55. The zero-order chi connectivity index (χ0) is 9.78. The Morgan fingerprint density at radius 2 is 2.00 bits per heavy atom. The van der Waals surface area contributed by atoms with Gasteiger partial charge in [-0.2, -0.15) is 0 Å². The number of hydrogen-bond donors (Lipinski definition) is 0. The van der Waals surface area contributed by atoms with Gasteiger partial charge in [-0.15, -0.1) is 6.58 Å². The van der Waals surface area contributed by atoms with E-state index in [1.165, 1.54) is 0 Å². The van der Waals surface area contributed by atoms with Crippen LogP contribution in [0.15, 0.2) is 12.7 Å². The van der Waals surface area contributed by atoms with Gasteiger partial charge in [0.2, 0.25) is 5.91 Å². The van der Waals surface area contributed by atoms with E-state index in [0.29, 0.717) is 6.54 Å². The van der Waals surface area contributed by atoms with Crippen molar-refractivity contribution in [2.75, 3.05) is 12.7 Å². The van der Waals surface area contributed by atoms with E-state index in [4.69, 9.17) is 0 Å². The zero-order valence-electron chi connectivity index (χ0n) is 8.55. The maximum absolute atomic E-state index is 11.1. The van der Waals surface area contributed by atoms with Gasteiger partial charge in [-0.1, -0.05) is 25.7 Å². The van der Waals surface area contributed by atoms with Crippen molar-refractivity contribution in [3.8, 4) is 0 Å². The molecule has 0 aliphatic rings. The molecule has 2 nitrogen and oxygen atoms in total. The molecule has 0 aliphatic carbocycles. The topological polar surface area (TPSA) is 20.3 Å². The molecule has 0 fully saturated rings. The lowest BCUT2D eigenvalue weighted by Crippen LogP contribution is -2.42. The van der Waals surface area contributed by atoms with Crippen LogP contribution in [-0.2, 0) is 4.79 Å². The van der Waals surface area contributed by atoms with Gasteiger partial charge in [0.05, 0.1) is 8.07 Å². The fourth-order valence-corrected chi connectivity index (χ4v) is 2.53. The Labute approximate surface area is 76.3 Å². The second-order valence-electron chi connectivity index (χ2n) is 4.25. The minimum atomic E-state index is -1.16. The molecule has 0 N–H and O–H groups in total. The van der Waals surface area contributed by atoms with Crippen LogP contribution in [0, 0.1) is 0 Å². The molecule has 0 bridgehead atoms. The standard InChI is InChI=1S/C9H19NOSi/c1-6-7-10(9(2)11)8-12(3,4)5/h6H,1,7-8H2,2-5H3. The van der Waals surface area contributed by atoms with Crippen LogP contribution in [0.5, 0.6) is 0 Å². The molecule has 0 aromatic heterocycles. The van der Waals surface area contributed by atoms with E-state index in [0.717, 1.165) is 6.17 Å². The lowest BCUT2D eigenvalue weighted by Gasteiger charge is -2.26. The maximum atomic E-state index is 11.1. The van der Waals surface area contributed by atoms with Gasteiger partial charge in [0.1, 0.15) is 0 Å². The molecular formula is C9H19NOSi. The third-order valence-electron chi connectivity index (χ3n) is 1.46. The van der Waals surface area contributed by atoms with Crippen molar-refractivity contribution in [3.63, 3.8) is 0 Å². The first kappa shape index (κ1) is 11.4. The smallest absolute Gasteiger partial charge is 0.219 e. The maximum Gasteiger partial charge on any atom is 0.219 e. The SMILES string of the molecule is C=CCN(C[Si](C)(C)C)C(C)=O. The molecule has 0 aromatic carbocycles. The van der Waals surface area contributed by atoms with E-state index < -0.39 is 8.07 Å². The van der Waals surface area contributed by atoms with Crippen molar-refractivity contribution < 1.29 is 4.79 Å². The summed E-state index contributed by atoms with van der Waals surface area (Å²) in [7, 11) is -1.16. The summed E-state index contributed by atoms with van der Waals surface area (Å²) in [4.78, 5) is 13.0. The van der Waals surface area contributed by atoms with Crippen LogP contribution in [0.1, 0.15) is 6.92 Å². The molecule has 0 spiro atoms. The van der Waals surface area contributed by atoms with Gasteiger partial charge < -0.3 is 4.90 Å². The fraction of sp³-hybridized carbons (Fsp3) is 0.667. The average Bonchev–Trinajstić information content (AvgIpc) is 1.83. The summed E-state index contributed by atoms with van der Waals surface area (Å²) in [6, 6.07) is 0. The van der Waals surface area contributed by atoms with Crippen LogP contribution in [0.4, 0.5) is 0 Å². The van der Waals surface area contributed by atoms with E-state index in [1.54, 1.807) is 13.0 Å². The van der Waals surface area contributed by atoms with E-state index in [2.05, 4.69) is 26.2 Å².